The van der Waals surface area contributed by atoms with Gasteiger partial charge in [-0.2, -0.15) is 0 Å². The third-order valence-corrected chi connectivity index (χ3v) is 2.34. The number of rotatable bonds is 5. The fraction of sp³-hybridized carbons (Fsp3) is 0.385. The van der Waals surface area contributed by atoms with Gasteiger partial charge in [0.25, 0.3) is 0 Å². The van der Waals surface area contributed by atoms with Gasteiger partial charge >= 0.3 is 5.97 Å². The smallest absolute Gasteiger partial charge is 0.336 e. The van der Waals surface area contributed by atoms with Crippen molar-refractivity contribution in [1.82, 2.24) is 0 Å². The molecule has 0 saturated carbocycles. The number of aromatic carboxylic acids is 1. The SMILES string of the molecule is CCc1cccc(C(=O)O)c1CON=C(C)C. The summed E-state index contributed by atoms with van der Waals surface area (Å²) < 4.78 is 0. The molecule has 0 radical (unpaired) electrons. The zero-order valence-corrected chi connectivity index (χ0v) is 10.4. The average Bonchev–Trinajstić information content (AvgIpc) is 2.28. The minimum atomic E-state index is -0.934. The normalized spacial score (nSPS) is 9.82. The Morgan fingerprint density at radius 1 is 1.41 bits per heavy atom. The molecule has 0 atom stereocenters. The number of hydrogen-bond acceptors (Lipinski definition) is 3. The molecule has 4 nitrogen and oxygen atoms in total. The van der Waals surface area contributed by atoms with Crippen molar-refractivity contribution < 1.29 is 14.7 Å². The highest BCUT2D eigenvalue weighted by Crippen LogP contribution is 2.17. The first kappa shape index (κ1) is 13.2. The maximum absolute atomic E-state index is 11.1. The topological polar surface area (TPSA) is 58.9 Å². The molecule has 0 aromatic heterocycles. The minimum absolute atomic E-state index is 0.191. The molecular formula is C13H17NO3. The lowest BCUT2D eigenvalue weighted by atomic mass is 10.00. The largest absolute Gasteiger partial charge is 0.478 e. The predicted molar refractivity (Wildman–Crippen MR) is 66.4 cm³/mol. The lowest BCUT2D eigenvalue weighted by molar-refractivity contribution is 0.0688. The molecule has 1 aromatic carbocycles. The second-order valence-electron chi connectivity index (χ2n) is 3.91. The number of aryl methyl sites for hydroxylation is 1. The quantitative estimate of drug-likeness (QED) is 0.630. The van der Waals surface area contributed by atoms with Gasteiger partial charge in [-0.15, -0.1) is 0 Å². The summed E-state index contributed by atoms with van der Waals surface area (Å²) in [6.45, 7) is 5.82. The van der Waals surface area contributed by atoms with Gasteiger partial charge in [-0.05, 0) is 31.9 Å². The van der Waals surface area contributed by atoms with E-state index in [1.165, 1.54) is 0 Å². The Hall–Kier alpha value is -1.84. The molecule has 0 aliphatic carbocycles. The Bertz CT molecular complexity index is 434. The highest BCUT2D eigenvalue weighted by atomic mass is 16.6. The third kappa shape index (κ3) is 3.59. The number of benzene rings is 1. The maximum Gasteiger partial charge on any atom is 0.336 e. The van der Waals surface area contributed by atoms with E-state index in [9.17, 15) is 4.79 Å². The van der Waals surface area contributed by atoms with Crippen LogP contribution in [0.15, 0.2) is 23.4 Å². The van der Waals surface area contributed by atoms with Crippen LogP contribution in [0.1, 0.15) is 42.3 Å². The fourth-order valence-corrected chi connectivity index (χ4v) is 1.56. The molecule has 17 heavy (non-hydrogen) atoms. The van der Waals surface area contributed by atoms with Crippen molar-refractivity contribution in [2.45, 2.75) is 33.8 Å². The van der Waals surface area contributed by atoms with Crippen molar-refractivity contribution in [2.75, 3.05) is 0 Å². The summed E-state index contributed by atoms with van der Waals surface area (Å²) in [5.41, 5.74) is 2.77. The summed E-state index contributed by atoms with van der Waals surface area (Å²) in [6, 6.07) is 5.25. The molecular weight excluding hydrogens is 218 g/mol. The Morgan fingerprint density at radius 2 is 2.12 bits per heavy atom. The molecule has 0 bridgehead atoms. The molecule has 1 aromatic rings. The van der Waals surface area contributed by atoms with Crippen LogP contribution < -0.4 is 0 Å². The van der Waals surface area contributed by atoms with Crippen molar-refractivity contribution in [3.8, 4) is 0 Å². The van der Waals surface area contributed by atoms with Crippen LogP contribution >= 0.6 is 0 Å². The second-order valence-corrected chi connectivity index (χ2v) is 3.91. The Morgan fingerprint density at radius 3 is 2.65 bits per heavy atom. The average molecular weight is 235 g/mol. The molecule has 0 heterocycles. The standard InChI is InChI=1S/C13H17NO3/c1-4-10-6-5-7-11(13(15)16)12(10)8-17-14-9(2)3/h5-7H,4,8H2,1-3H3,(H,15,16). The number of carbonyl (C=O) groups is 1. The summed E-state index contributed by atoms with van der Waals surface area (Å²) >= 11 is 0. The number of hydrogen-bond donors (Lipinski definition) is 1. The predicted octanol–water partition coefficient (Wildman–Crippen LogP) is 2.86. The summed E-state index contributed by atoms with van der Waals surface area (Å²) in [7, 11) is 0. The summed E-state index contributed by atoms with van der Waals surface area (Å²) in [5, 5.41) is 12.9. The highest BCUT2D eigenvalue weighted by Gasteiger charge is 2.13. The van der Waals surface area contributed by atoms with Gasteiger partial charge in [-0.25, -0.2) is 4.79 Å². The summed E-state index contributed by atoms with van der Waals surface area (Å²) in [5.74, 6) is -0.934. The van der Waals surface area contributed by atoms with Crippen LogP contribution in [-0.4, -0.2) is 16.8 Å². The first-order valence-electron chi connectivity index (χ1n) is 5.53. The highest BCUT2D eigenvalue weighted by molar-refractivity contribution is 5.89. The van der Waals surface area contributed by atoms with E-state index >= 15 is 0 Å². The fourth-order valence-electron chi connectivity index (χ4n) is 1.56. The van der Waals surface area contributed by atoms with Crippen LogP contribution in [0.3, 0.4) is 0 Å². The van der Waals surface area contributed by atoms with Crippen molar-refractivity contribution in [3.63, 3.8) is 0 Å². The van der Waals surface area contributed by atoms with E-state index in [2.05, 4.69) is 5.16 Å². The first-order valence-corrected chi connectivity index (χ1v) is 5.53. The van der Waals surface area contributed by atoms with Gasteiger partial charge in [0.05, 0.1) is 11.3 Å². The molecule has 0 aliphatic heterocycles. The Balaban J connectivity index is 3.01. The van der Waals surface area contributed by atoms with Gasteiger partial charge < -0.3 is 9.94 Å². The van der Waals surface area contributed by atoms with Crippen LogP contribution in [0.2, 0.25) is 0 Å². The molecule has 0 amide bonds. The van der Waals surface area contributed by atoms with Crippen LogP contribution in [0.5, 0.6) is 0 Å². The van der Waals surface area contributed by atoms with Crippen molar-refractivity contribution >= 4 is 11.7 Å². The molecule has 1 rings (SSSR count). The van der Waals surface area contributed by atoms with E-state index in [1.807, 2.05) is 26.8 Å². The zero-order chi connectivity index (χ0) is 12.8. The minimum Gasteiger partial charge on any atom is -0.478 e. The van der Waals surface area contributed by atoms with Crippen LogP contribution in [0.4, 0.5) is 0 Å². The number of oxime groups is 1. The molecule has 0 saturated heterocycles. The lowest BCUT2D eigenvalue weighted by Crippen LogP contribution is -2.06. The van der Waals surface area contributed by atoms with E-state index in [0.717, 1.165) is 17.7 Å². The second kappa shape index (κ2) is 6.03. The third-order valence-electron chi connectivity index (χ3n) is 2.34. The van der Waals surface area contributed by atoms with Gasteiger partial charge in [-0.1, -0.05) is 24.2 Å². The molecule has 0 unspecified atom stereocenters. The van der Waals surface area contributed by atoms with E-state index < -0.39 is 5.97 Å². The molecule has 1 N–H and O–H groups in total. The van der Waals surface area contributed by atoms with Gasteiger partial charge in [0.1, 0.15) is 6.61 Å². The number of carboxylic acids is 1. The summed E-state index contributed by atoms with van der Waals surface area (Å²) in [6.07, 6.45) is 0.772. The van der Waals surface area contributed by atoms with Crippen molar-refractivity contribution in [1.29, 1.82) is 0 Å². The van der Waals surface area contributed by atoms with E-state index in [1.54, 1.807) is 12.1 Å². The van der Waals surface area contributed by atoms with Gasteiger partial charge in [0.15, 0.2) is 0 Å². The Kier molecular flexibility index (Phi) is 4.69. The van der Waals surface area contributed by atoms with E-state index in [-0.39, 0.29) is 12.2 Å². The van der Waals surface area contributed by atoms with E-state index in [4.69, 9.17) is 9.94 Å². The van der Waals surface area contributed by atoms with Crippen LogP contribution in [0, 0.1) is 0 Å². The number of nitrogens with zero attached hydrogens (tertiary/aromatic N) is 1. The maximum atomic E-state index is 11.1. The number of carboxylic acid groups (broad SMARTS) is 1. The molecule has 0 aliphatic rings. The van der Waals surface area contributed by atoms with Gasteiger partial charge in [0, 0.05) is 5.56 Å². The first-order chi connectivity index (χ1) is 8.06. The Labute approximate surface area is 101 Å². The van der Waals surface area contributed by atoms with Gasteiger partial charge in [0.2, 0.25) is 0 Å². The molecule has 4 heteroatoms. The van der Waals surface area contributed by atoms with Gasteiger partial charge in [-0.3, -0.25) is 0 Å². The van der Waals surface area contributed by atoms with E-state index in [0.29, 0.717) is 5.56 Å². The lowest BCUT2D eigenvalue weighted by Gasteiger charge is -2.10. The summed E-state index contributed by atoms with van der Waals surface area (Å²) in [4.78, 5) is 16.2. The van der Waals surface area contributed by atoms with Crippen LogP contribution in [-0.2, 0) is 17.9 Å². The zero-order valence-electron chi connectivity index (χ0n) is 10.4. The molecule has 0 fully saturated rings. The molecule has 92 valence electrons. The monoisotopic (exact) mass is 235 g/mol. The molecule has 0 spiro atoms. The van der Waals surface area contributed by atoms with Crippen molar-refractivity contribution in [3.05, 3.63) is 34.9 Å². The van der Waals surface area contributed by atoms with Crippen LogP contribution in [0.25, 0.3) is 0 Å². The van der Waals surface area contributed by atoms with Crippen molar-refractivity contribution in [2.24, 2.45) is 5.16 Å².